The van der Waals surface area contributed by atoms with Gasteiger partial charge in [0.1, 0.15) is 12.7 Å². The van der Waals surface area contributed by atoms with Gasteiger partial charge in [-0.2, -0.15) is 5.10 Å². The quantitative estimate of drug-likeness (QED) is 0.683. The Morgan fingerprint density at radius 2 is 2.28 bits per heavy atom. The summed E-state index contributed by atoms with van der Waals surface area (Å²) in [5, 5.41) is 8.24. The summed E-state index contributed by atoms with van der Waals surface area (Å²) in [6.45, 7) is 2.65. The van der Waals surface area contributed by atoms with Crippen molar-refractivity contribution in [1.29, 1.82) is 0 Å². The van der Waals surface area contributed by atoms with Crippen molar-refractivity contribution in [2.75, 3.05) is 5.32 Å². The molecule has 2 heterocycles. The number of carbonyl (C=O) groups excluding carboxylic acids is 1. The maximum absolute atomic E-state index is 12.0. The second kappa shape index (κ2) is 8.22. The van der Waals surface area contributed by atoms with E-state index in [0.717, 1.165) is 27.4 Å². The average Bonchev–Trinajstić information content (AvgIpc) is 3.23. The number of hydrogen-bond acceptors (Lipinski definition) is 5. The van der Waals surface area contributed by atoms with Gasteiger partial charge in [-0.3, -0.25) is 9.48 Å². The molecule has 3 aromatic rings. The molecular weight excluding hydrogens is 358 g/mol. The van der Waals surface area contributed by atoms with Crippen molar-refractivity contribution in [3.05, 3.63) is 58.1 Å². The van der Waals surface area contributed by atoms with Crippen molar-refractivity contribution in [3.63, 3.8) is 0 Å². The molecule has 0 radical (unpaired) electrons. The highest BCUT2D eigenvalue weighted by molar-refractivity contribution is 7.15. The number of nitrogens with one attached hydrogen (secondary N) is 1. The fourth-order valence-corrected chi connectivity index (χ4v) is 3.39. The van der Waals surface area contributed by atoms with Crippen molar-refractivity contribution in [1.82, 2.24) is 19.7 Å². The highest BCUT2D eigenvalue weighted by Gasteiger charge is 2.08. The summed E-state index contributed by atoms with van der Waals surface area (Å²) in [7, 11) is 0. The molecule has 1 N–H and O–H groups in total. The van der Waals surface area contributed by atoms with E-state index < -0.39 is 0 Å². The van der Waals surface area contributed by atoms with Crippen LogP contribution in [0.2, 0.25) is 5.02 Å². The van der Waals surface area contributed by atoms with Crippen molar-refractivity contribution in [2.24, 2.45) is 0 Å². The first kappa shape index (κ1) is 17.6. The molecule has 0 unspecified atom stereocenters. The van der Waals surface area contributed by atoms with Gasteiger partial charge in [-0.15, -0.1) is 11.3 Å². The van der Waals surface area contributed by atoms with Gasteiger partial charge in [0.25, 0.3) is 0 Å². The monoisotopic (exact) mass is 375 g/mol. The van der Waals surface area contributed by atoms with E-state index in [1.165, 1.54) is 17.7 Å². The van der Waals surface area contributed by atoms with Gasteiger partial charge in [0.05, 0.1) is 0 Å². The van der Waals surface area contributed by atoms with Crippen LogP contribution in [0.3, 0.4) is 0 Å². The van der Waals surface area contributed by atoms with Crippen LogP contribution in [0.15, 0.2) is 37.1 Å². The van der Waals surface area contributed by atoms with Crippen molar-refractivity contribution in [2.45, 2.75) is 32.7 Å². The maximum atomic E-state index is 12.0. The van der Waals surface area contributed by atoms with Gasteiger partial charge < -0.3 is 5.32 Å². The zero-order valence-electron chi connectivity index (χ0n) is 13.8. The number of nitrogens with zero attached hydrogens (tertiary/aromatic N) is 4. The Labute approximate surface area is 154 Å². The minimum absolute atomic E-state index is 0.0422. The molecule has 0 aliphatic carbocycles. The lowest BCUT2D eigenvalue weighted by Gasteiger charge is -2.03. The van der Waals surface area contributed by atoms with Crippen LogP contribution in [-0.4, -0.2) is 25.7 Å². The third-order valence-corrected chi connectivity index (χ3v) is 4.99. The second-order valence-electron chi connectivity index (χ2n) is 5.70. The van der Waals surface area contributed by atoms with Gasteiger partial charge in [0.2, 0.25) is 5.91 Å². The Morgan fingerprint density at radius 3 is 3.04 bits per heavy atom. The predicted octanol–water partition coefficient (Wildman–Crippen LogP) is 3.71. The molecule has 1 aromatic carbocycles. The number of thiazole rings is 1. The van der Waals surface area contributed by atoms with Crippen LogP contribution in [0.1, 0.15) is 28.8 Å². The third kappa shape index (κ3) is 5.11. The topological polar surface area (TPSA) is 72.7 Å². The van der Waals surface area contributed by atoms with Crippen molar-refractivity contribution >= 4 is 34.0 Å². The van der Waals surface area contributed by atoms with Crippen LogP contribution in [0.25, 0.3) is 0 Å². The SMILES string of the molecule is Cc1ccc(Cc2cnc(NC(=O)CCCn3cncn3)s2)cc1Cl. The van der Waals surface area contributed by atoms with Crippen LogP contribution in [0.4, 0.5) is 5.13 Å². The zero-order valence-corrected chi connectivity index (χ0v) is 15.3. The van der Waals surface area contributed by atoms with Crippen LogP contribution < -0.4 is 5.32 Å². The number of halogens is 1. The smallest absolute Gasteiger partial charge is 0.226 e. The number of anilines is 1. The fraction of sp³-hybridized carbons (Fsp3) is 0.294. The van der Waals surface area contributed by atoms with Gasteiger partial charge in [-0.1, -0.05) is 23.7 Å². The lowest BCUT2D eigenvalue weighted by atomic mass is 10.1. The molecule has 0 aliphatic heterocycles. The van der Waals surface area contributed by atoms with E-state index in [-0.39, 0.29) is 5.91 Å². The van der Waals surface area contributed by atoms with E-state index in [0.29, 0.717) is 24.5 Å². The molecule has 0 fully saturated rings. The maximum Gasteiger partial charge on any atom is 0.226 e. The fourth-order valence-electron chi connectivity index (χ4n) is 2.33. The van der Waals surface area contributed by atoms with E-state index >= 15 is 0 Å². The summed E-state index contributed by atoms with van der Waals surface area (Å²) in [6.07, 6.45) is 6.79. The minimum atomic E-state index is -0.0422. The summed E-state index contributed by atoms with van der Waals surface area (Å²) < 4.78 is 1.71. The van der Waals surface area contributed by atoms with Gasteiger partial charge in [-0.25, -0.2) is 9.97 Å². The second-order valence-corrected chi connectivity index (χ2v) is 7.22. The normalized spacial score (nSPS) is 10.8. The van der Waals surface area contributed by atoms with Crippen LogP contribution in [-0.2, 0) is 17.8 Å². The van der Waals surface area contributed by atoms with Gasteiger partial charge in [0, 0.05) is 35.5 Å². The largest absolute Gasteiger partial charge is 0.302 e. The van der Waals surface area contributed by atoms with Crippen molar-refractivity contribution in [3.8, 4) is 0 Å². The molecule has 8 heteroatoms. The van der Waals surface area contributed by atoms with Gasteiger partial charge in [0.15, 0.2) is 5.13 Å². The lowest BCUT2D eigenvalue weighted by molar-refractivity contribution is -0.116. The molecule has 0 atom stereocenters. The van der Waals surface area contributed by atoms with E-state index in [9.17, 15) is 4.79 Å². The molecule has 6 nitrogen and oxygen atoms in total. The first-order chi connectivity index (χ1) is 12.1. The predicted molar refractivity (Wildman–Crippen MR) is 99.0 cm³/mol. The highest BCUT2D eigenvalue weighted by atomic mass is 35.5. The number of rotatable bonds is 7. The molecule has 0 aliphatic rings. The Morgan fingerprint density at radius 1 is 1.40 bits per heavy atom. The van der Waals surface area contributed by atoms with E-state index in [2.05, 4.69) is 26.4 Å². The first-order valence-corrected chi connectivity index (χ1v) is 9.11. The number of hydrogen-bond donors (Lipinski definition) is 1. The number of amides is 1. The summed E-state index contributed by atoms with van der Waals surface area (Å²) in [5.41, 5.74) is 2.19. The summed E-state index contributed by atoms with van der Waals surface area (Å²) in [4.78, 5) is 21.2. The Bertz CT molecular complexity index is 847. The van der Waals surface area contributed by atoms with Crippen LogP contribution in [0, 0.1) is 6.92 Å². The molecular formula is C17H18ClN5OS. The third-order valence-electron chi connectivity index (χ3n) is 3.67. The molecule has 0 saturated carbocycles. The molecule has 0 bridgehead atoms. The number of carbonyl (C=O) groups is 1. The van der Waals surface area contributed by atoms with E-state index in [1.54, 1.807) is 17.2 Å². The molecule has 0 spiro atoms. The summed E-state index contributed by atoms with van der Waals surface area (Å²) in [6, 6.07) is 6.04. The Hall–Kier alpha value is -2.25. The lowest BCUT2D eigenvalue weighted by Crippen LogP contribution is -2.12. The van der Waals surface area contributed by atoms with Crippen LogP contribution in [0.5, 0.6) is 0 Å². The van der Waals surface area contributed by atoms with Gasteiger partial charge >= 0.3 is 0 Å². The number of aromatic nitrogens is 4. The van der Waals surface area contributed by atoms with Gasteiger partial charge in [-0.05, 0) is 30.5 Å². The minimum Gasteiger partial charge on any atom is -0.302 e. The Kier molecular flexibility index (Phi) is 5.78. The average molecular weight is 376 g/mol. The summed E-state index contributed by atoms with van der Waals surface area (Å²) in [5.74, 6) is -0.0422. The molecule has 0 saturated heterocycles. The number of benzene rings is 1. The number of aryl methyl sites for hydroxylation is 2. The molecule has 25 heavy (non-hydrogen) atoms. The zero-order chi connectivity index (χ0) is 17.6. The van der Waals surface area contributed by atoms with E-state index in [4.69, 9.17) is 11.6 Å². The standard InChI is InChI=1S/C17H18ClN5OS/c1-12-4-5-13(8-15(12)18)7-14-9-20-17(25-14)22-16(24)3-2-6-23-11-19-10-21-23/h4-5,8-11H,2-3,6-7H2,1H3,(H,20,22,24). The first-order valence-electron chi connectivity index (χ1n) is 7.92. The van der Waals surface area contributed by atoms with Crippen LogP contribution >= 0.6 is 22.9 Å². The van der Waals surface area contributed by atoms with Crippen molar-refractivity contribution < 1.29 is 4.79 Å². The Balaban J connectivity index is 1.49. The summed E-state index contributed by atoms with van der Waals surface area (Å²) >= 11 is 7.64. The van der Waals surface area contributed by atoms with E-state index in [1.807, 2.05) is 19.1 Å². The highest BCUT2D eigenvalue weighted by Crippen LogP contribution is 2.24. The molecule has 3 rings (SSSR count). The molecule has 1 amide bonds. The molecule has 2 aromatic heterocycles. The molecule has 130 valence electrons.